The van der Waals surface area contributed by atoms with Gasteiger partial charge in [0.1, 0.15) is 5.82 Å². The summed E-state index contributed by atoms with van der Waals surface area (Å²) in [6.45, 7) is 2.42. The van der Waals surface area contributed by atoms with Gasteiger partial charge >= 0.3 is 0 Å². The SMILES string of the molecule is Cc1ncsc1Cn1c(N)cc2ccccc2c1=O. The molecule has 19 heavy (non-hydrogen) atoms. The van der Waals surface area contributed by atoms with E-state index in [1.165, 1.54) is 0 Å². The molecular formula is C14H13N3OS. The zero-order chi connectivity index (χ0) is 13.4. The van der Waals surface area contributed by atoms with Crippen molar-refractivity contribution >= 4 is 27.9 Å². The molecule has 0 fully saturated rings. The number of anilines is 1. The average Bonchev–Trinajstić information content (AvgIpc) is 2.80. The number of nitrogen functional groups attached to an aromatic ring is 1. The lowest BCUT2D eigenvalue weighted by Crippen LogP contribution is -2.23. The predicted octanol–water partition coefficient (Wildman–Crippen LogP) is 2.40. The van der Waals surface area contributed by atoms with E-state index in [2.05, 4.69) is 4.98 Å². The zero-order valence-electron chi connectivity index (χ0n) is 10.5. The molecule has 4 nitrogen and oxygen atoms in total. The van der Waals surface area contributed by atoms with Gasteiger partial charge in [-0.1, -0.05) is 18.2 Å². The summed E-state index contributed by atoms with van der Waals surface area (Å²) in [5.74, 6) is 0.483. The van der Waals surface area contributed by atoms with E-state index >= 15 is 0 Å². The first-order valence-electron chi connectivity index (χ1n) is 5.94. The predicted molar refractivity (Wildman–Crippen MR) is 78.6 cm³/mol. The molecule has 2 heterocycles. The van der Waals surface area contributed by atoms with Gasteiger partial charge in [0, 0.05) is 10.3 Å². The number of aromatic nitrogens is 2. The summed E-state index contributed by atoms with van der Waals surface area (Å²) in [6.07, 6.45) is 0. The molecule has 96 valence electrons. The molecule has 1 aromatic carbocycles. The molecule has 2 N–H and O–H groups in total. The normalized spacial score (nSPS) is 11.0. The molecule has 0 amide bonds. The standard InChI is InChI=1S/C14H13N3OS/c1-9-12(19-8-16-9)7-17-13(15)6-10-4-2-3-5-11(10)14(17)18/h2-6,8H,7,15H2,1H3. The molecular weight excluding hydrogens is 258 g/mol. The van der Waals surface area contributed by atoms with E-state index < -0.39 is 0 Å². The van der Waals surface area contributed by atoms with Crippen molar-refractivity contribution in [1.82, 2.24) is 9.55 Å². The van der Waals surface area contributed by atoms with Gasteiger partial charge in [-0.3, -0.25) is 9.36 Å². The van der Waals surface area contributed by atoms with Crippen LogP contribution in [-0.4, -0.2) is 9.55 Å². The molecule has 5 heteroatoms. The molecule has 0 radical (unpaired) electrons. The van der Waals surface area contributed by atoms with E-state index in [-0.39, 0.29) is 5.56 Å². The number of fused-ring (bicyclic) bond motifs is 1. The van der Waals surface area contributed by atoms with Gasteiger partial charge in [-0.05, 0) is 24.4 Å². The maximum Gasteiger partial charge on any atom is 0.260 e. The quantitative estimate of drug-likeness (QED) is 0.778. The summed E-state index contributed by atoms with van der Waals surface area (Å²) in [6, 6.07) is 9.33. The number of hydrogen-bond acceptors (Lipinski definition) is 4. The van der Waals surface area contributed by atoms with E-state index in [1.807, 2.05) is 37.3 Å². The Morgan fingerprint density at radius 3 is 2.89 bits per heavy atom. The highest BCUT2D eigenvalue weighted by Crippen LogP contribution is 2.17. The lowest BCUT2D eigenvalue weighted by molar-refractivity contribution is 0.785. The Bertz CT molecular complexity index is 804. The van der Waals surface area contributed by atoms with Crippen LogP contribution in [0.5, 0.6) is 0 Å². The monoisotopic (exact) mass is 271 g/mol. The van der Waals surface area contributed by atoms with Crippen LogP contribution in [0.2, 0.25) is 0 Å². The van der Waals surface area contributed by atoms with E-state index in [1.54, 1.807) is 21.4 Å². The van der Waals surface area contributed by atoms with Gasteiger partial charge in [0.05, 0.1) is 17.7 Å². The third-order valence-electron chi connectivity index (χ3n) is 3.20. The van der Waals surface area contributed by atoms with Crippen molar-refractivity contribution in [2.75, 3.05) is 5.73 Å². The first kappa shape index (κ1) is 11.9. The molecule has 0 atom stereocenters. The van der Waals surface area contributed by atoms with Gasteiger partial charge in [-0.2, -0.15) is 0 Å². The average molecular weight is 271 g/mol. The van der Waals surface area contributed by atoms with Crippen molar-refractivity contribution in [1.29, 1.82) is 0 Å². The number of aryl methyl sites for hydroxylation is 1. The molecule has 2 aromatic heterocycles. The number of rotatable bonds is 2. The Balaban J connectivity index is 2.19. The van der Waals surface area contributed by atoms with Crippen molar-refractivity contribution < 1.29 is 0 Å². The smallest absolute Gasteiger partial charge is 0.260 e. The van der Waals surface area contributed by atoms with Crippen LogP contribution in [0.15, 0.2) is 40.6 Å². The number of benzene rings is 1. The van der Waals surface area contributed by atoms with E-state index in [9.17, 15) is 4.79 Å². The lowest BCUT2D eigenvalue weighted by Gasteiger charge is -2.10. The number of nitrogens with two attached hydrogens (primary N) is 1. The second kappa shape index (κ2) is 4.51. The Morgan fingerprint density at radius 2 is 2.16 bits per heavy atom. The highest BCUT2D eigenvalue weighted by Gasteiger charge is 2.09. The molecule has 0 bridgehead atoms. The van der Waals surface area contributed by atoms with Crippen LogP contribution in [0.25, 0.3) is 10.8 Å². The minimum absolute atomic E-state index is 0.0524. The fraction of sp³-hybridized carbons (Fsp3) is 0.143. The molecule has 3 rings (SSSR count). The van der Waals surface area contributed by atoms with Crippen LogP contribution in [0.1, 0.15) is 10.6 Å². The zero-order valence-corrected chi connectivity index (χ0v) is 11.3. The summed E-state index contributed by atoms with van der Waals surface area (Å²) in [7, 11) is 0. The van der Waals surface area contributed by atoms with E-state index in [0.29, 0.717) is 17.7 Å². The van der Waals surface area contributed by atoms with Gasteiger partial charge in [-0.25, -0.2) is 4.98 Å². The fourth-order valence-electron chi connectivity index (χ4n) is 2.10. The summed E-state index contributed by atoms with van der Waals surface area (Å²) < 4.78 is 1.60. The van der Waals surface area contributed by atoms with Crippen LogP contribution >= 0.6 is 11.3 Å². The molecule has 0 saturated carbocycles. The Labute approximate surface area is 114 Å². The first-order chi connectivity index (χ1) is 9.16. The summed E-state index contributed by atoms with van der Waals surface area (Å²) in [5.41, 5.74) is 8.68. The number of hydrogen-bond donors (Lipinski definition) is 1. The van der Waals surface area contributed by atoms with Crippen molar-refractivity contribution in [2.24, 2.45) is 0 Å². The Hall–Kier alpha value is -2.14. The van der Waals surface area contributed by atoms with Gasteiger partial charge in [0.15, 0.2) is 0 Å². The molecule has 0 spiro atoms. The van der Waals surface area contributed by atoms with Crippen molar-refractivity contribution in [2.45, 2.75) is 13.5 Å². The van der Waals surface area contributed by atoms with Crippen LogP contribution in [0.3, 0.4) is 0 Å². The van der Waals surface area contributed by atoms with Gasteiger partial charge < -0.3 is 5.73 Å². The summed E-state index contributed by atoms with van der Waals surface area (Å²) >= 11 is 1.54. The van der Waals surface area contributed by atoms with Gasteiger partial charge in [0.25, 0.3) is 5.56 Å². The lowest BCUT2D eigenvalue weighted by atomic mass is 10.1. The maximum atomic E-state index is 12.5. The van der Waals surface area contributed by atoms with Crippen LogP contribution in [0.4, 0.5) is 5.82 Å². The molecule has 3 aromatic rings. The molecule has 0 unspecified atom stereocenters. The minimum atomic E-state index is -0.0524. The van der Waals surface area contributed by atoms with Crippen LogP contribution in [0, 0.1) is 6.92 Å². The van der Waals surface area contributed by atoms with Crippen molar-refractivity contribution in [3.05, 3.63) is 56.8 Å². The Morgan fingerprint density at radius 1 is 1.37 bits per heavy atom. The molecule has 0 aliphatic rings. The largest absolute Gasteiger partial charge is 0.385 e. The van der Waals surface area contributed by atoms with Crippen molar-refractivity contribution in [3.8, 4) is 0 Å². The topological polar surface area (TPSA) is 60.9 Å². The molecule has 0 saturated heterocycles. The number of thiazole rings is 1. The summed E-state index contributed by atoms with van der Waals surface area (Å²) in [4.78, 5) is 17.7. The number of nitrogens with zero attached hydrogens (tertiary/aromatic N) is 2. The van der Waals surface area contributed by atoms with Crippen molar-refractivity contribution in [3.63, 3.8) is 0 Å². The highest BCUT2D eigenvalue weighted by molar-refractivity contribution is 7.09. The number of pyridine rings is 1. The third-order valence-corrected chi connectivity index (χ3v) is 4.12. The van der Waals surface area contributed by atoms with Gasteiger partial charge in [-0.15, -0.1) is 11.3 Å². The van der Waals surface area contributed by atoms with Crippen LogP contribution in [-0.2, 0) is 6.54 Å². The third kappa shape index (κ3) is 2.02. The minimum Gasteiger partial charge on any atom is -0.385 e. The molecule has 0 aliphatic carbocycles. The molecule has 0 aliphatic heterocycles. The summed E-state index contributed by atoms with van der Waals surface area (Å²) in [5, 5.41) is 1.57. The second-order valence-corrected chi connectivity index (χ2v) is 5.35. The second-order valence-electron chi connectivity index (χ2n) is 4.41. The fourth-order valence-corrected chi connectivity index (χ4v) is 2.87. The van der Waals surface area contributed by atoms with E-state index in [0.717, 1.165) is 16.0 Å². The van der Waals surface area contributed by atoms with Crippen LogP contribution < -0.4 is 11.3 Å². The van der Waals surface area contributed by atoms with E-state index in [4.69, 9.17) is 5.73 Å². The highest BCUT2D eigenvalue weighted by atomic mass is 32.1. The van der Waals surface area contributed by atoms with Gasteiger partial charge in [0.2, 0.25) is 0 Å². The Kier molecular flexibility index (Phi) is 2.83. The maximum absolute atomic E-state index is 12.5. The first-order valence-corrected chi connectivity index (χ1v) is 6.82.